The molecule has 3 aromatic rings. The van der Waals surface area contributed by atoms with Gasteiger partial charge >= 0.3 is 0 Å². The Morgan fingerprint density at radius 2 is 2.21 bits per heavy atom. The highest BCUT2D eigenvalue weighted by Crippen LogP contribution is 2.31. The summed E-state index contributed by atoms with van der Waals surface area (Å²) < 4.78 is 15.2. The van der Waals surface area contributed by atoms with Gasteiger partial charge in [0.25, 0.3) is 0 Å². The summed E-state index contributed by atoms with van der Waals surface area (Å²) in [7, 11) is 0. The molecule has 2 heterocycles. The van der Waals surface area contributed by atoms with Gasteiger partial charge in [-0.2, -0.15) is 0 Å². The Labute approximate surface area is 182 Å². The number of carbonyl (C=O) groups is 1. The van der Waals surface area contributed by atoms with Gasteiger partial charge in [0.2, 0.25) is 5.91 Å². The topological polar surface area (TPSA) is 59.8 Å². The SMILES string of the molecule is C=CCn1c(SCC(=O)Nc2ccc(F)c(Cl)c2)nnc1-c1csc(C(C)C)c1. The van der Waals surface area contributed by atoms with E-state index in [1.807, 2.05) is 4.57 Å². The maximum absolute atomic E-state index is 13.2. The molecule has 2 aromatic heterocycles. The van der Waals surface area contributed by atoms with Crippen LogP contribution in [0.5, 0.6) is 0 Å². The number of nitrogens with zero attached hydrogens (tertiary/aromatic N) is 3. The molecule has 0 aliphatic carbocycles. The summed E-state index contributed by atoms with van der Waals surface area (Å²) in [5, 5.41) is 13.9. The van der Waals surface area contributed by atoms with Crippen molar-refractivity contribution in [3.05, 3.63) is 58.0 Å². The number of benzene rings is 1. The Morgan fingerprint density at radius 3 is 2.86 bits per heavy atom. The Bertz CT molecular complexity index is 1030. The van der Waals surface area contributed by atoms with E-state index in [1.54, 1.807) is 17.4 Å². The monoisotopic (exact) mass is 450 g/mol. The zero-order valence-corrected chi connectivity index (χ0v) is 18.4. The van der Waals surface area contributed by atoms with Gasteiger partial charge in [-0.25, -0.2) is 4.39 Å². The number of carbonyl (C=O) groups excluding carboxylic acids is 1. The predicted octanol–water partition coefficient (Wildman–Crippen LogP) is 5.84. The van der Waals surface area contributed by atoms with Crippen LogP contribution in [0.4, 0.5) is 10.1 Å². The molecule has 5 nitrogen and oxygen atoms in total. The van der Waals surface area contributed by atoms with E-state index >= 15 is 0 Å². The molecule has 0 saturated heterocycles. The summed E-state index contributed by atoms with van der Waals surface area (Å²) >= 11 is 8.72. The van der Waals surface area contributed by atoms with Gasteiger partial charge in [0, 0.05) is 28.1 Å². The van der Waals surface area contributed by atoms with Crippen LogP contribution in [0.25, 0.3) is 11.4 Å². The molecule has 0 unspecified atom stereocenters. The van der Waals surface area contributed by atoms with Gasteiger partial charge in [-0.3, -0.25) is 9.36 Å². The predicted molar refractivity (Wildman–Crippen MR) is 118 cm³/mol. The Kier molecular flexibility index (Phi) is 7.10. The number of halogens is 2. The summed E-state index contributed by atoms with van der Waals surface area (Å²) in [5.41, 5.74) is 1.44. The molecule has 0 bridgehead atoms. The number of thioether (sulfide) groups is 1. The Hall–Kier alpha value is -2.16. The van der Waals surface area contributed by atoms with E-state index in [0.717, 1.165) is 11.4 Å². The lowest BCUT2D eigenvalue weighted by Crippen LogP contribution is -2.14. The normalized spacial score (nSPS) is 11.1. The molecule has 0 fully saturated rings. The van der Waals surface area contributed by atoms with Gasteiger partial charge in [-0.05, 0) is 30.2 Å². The number of hydrogen-bond donors (Lipinski definition) is 1. The highest BCUT2D eigenvalue weighted by atomic mass is 35.5. The van der Waals surface area contributed by atoms with Crippen LogP contribution in [0.15, 0.2) is 47.5 Å². The third kappa shape index (κ3) is 5.26. The molecule has 29 heavy (non-hydrogen) atoms. The lowest BCUT2D eigenvalue weighted by molar-refractivity contribution is -0.113. The van der Waals surface area contributed by atoms with E-state index in [2.05, 4.69) is 47.4 Å². The van der Waals surface area contributed by atoms with Crippen molar-refractivity contribution in [2.24, 2.45) is 0 Å². The van der Waals surface area contributed by atoms with Crippen LogP contribution in [0.2, 0.25) is 5.02 Å². The van der Waals surface area contributed by atoms with Gasteiger partial charge in [0.1, 0.15) is 5.82 Å². The van der Waals surface area contributed by atoms with E-state index in [-0.39, 0.29) is 16.7 Å². The first kappa shape index (κ1) is 21.5. The number of anilines is 1. The van der Waals surface area contributed by atoms with Crippen molar-refractivity contribution in [1.29, 1.82) is 0 Å². The van der Waals surface area contributed by atoms with E-state index < -0.39 is 5.82 Å². The van der Waals surface area contributed by atoms with Crippen molar-refractivity contribution in [2.75, 3.05) is 11.1 Å². The number of thiophene rings is 1. The first-order valence-electron chi connectivity index (χ1n) is 8.89. The second-order valence-corrected chi connectivity index (χ2v) is 8.86. The lowest BCUT2D eigenvalue weighted by atomic mass is 10.1. The molecule has 0 aliphatic heterocycles. The van der Waals surface area contributed by atoms with Crippen molar-refractivity contribution in [3.8, 4) is 11.4 Å². The maximum Gasteiger partial charge on any atom is 0.234 e. The minimum absolute atomic E-state index is 0.0395. The second kappa shape index (κ2) is 9.56. The molecule has 1 N–H and O–H groups in total. The minimum Gasteiger partial charge on any atom is -0.325 e. The molecule has 1 amide bonds. The molecule has 0 radical (unpaired) electrons. The van der Waals surface area contributed by atoms with Crippen LogP contribution in [0.3, 0.4) is 0 Å². The van der Waals surface area contributed by atoms with E-state index in [9.17, 15) is 9.18 Å². The highest BCUT2D eigenvalue weighted by molar-refractivity contribution is 7.99. The lowest BCUT2D eigenvalue weighted by Gasteiger charge is -2.08. The zero-order valence-electron chi connectivity index (χ0n) is 16.0. The average Bonchev–Trinajstić information content (AvgIpc) is 3.31. The van der Waals surface area contributed by atoms with Crippen molar-refractivity contribution in [3.63, 3.8) is 0 Å². The van der Waals surface area contributed by atoms with Crippen LogP contribution in [0, 0.1) is 5.82 Å². The summed E-state index contributed by atoms with van der Waals surface area (Å²) in [6.07, 6.45) is 1.77. The van der Waals surface area contributed by atoms with Crippen LogP contribution >= 0.6 is 34.7 Å². The summed E-state index contributed by atoms with van der Waals surface area (Å²) in [5.74, 6) is 0.553. The smallest absolute Gasteiger partial charge is 0.234 e. The fourth-order valence-electron chi connectivity index (χ4n) is 2.58. The standard InChI is InChI=1S/C20H20ClFN4OS2/c1-4-7-26-19(13-8-17(12(2)3)28-10-13)24-25-20(26)29-11-18(27)23-14-5-6-16(22)15(21)9-14/h4-6,8-10,12H,1,7,11H2,2-3H3,(H,23,27). The summed E-state index contributed by atoms with van der Waals surface area (Å²) in [4.78, 5) is 13.5. The van der Waals surface area contributed by atoms with Crippen molar-refractivity contribution in [2.45, 2.75) is 31.5 Å². The number of allylic oxidation sites excluding steroid dienone is 1. The molecule has 152 valence electrons. The number of aromatic nitrogens is 3. The van der Waals surface area contributed by atoms with Crippen molar-refractivity contribution in [1.82, 2.24) is 14.8 Å². The average molecular weight is 451 g/mol. The van der Waals surface area contributed by atoms with Gasteiger partial charge in [0.05, 0.1) is 10.8 Å². The quantitative estimate of drug-likeness (QED) is 0.346. The molecule has 0 spiro atoms. The van der Waals surface area contributed by atoms with E-state index in [0.29, 0.717) is 23.3 Å². The fourth-order valence-corrected chi connectivity index (χ4v) is 4.41. The summed E-state index contributed by atoms with van der Waals surface area (Å²) in [6.45, 7) is 8.64. The maximum atomic E-state index is 13.2. The Morgan fingerprint density at radius 1 is 1.41 bits per heavy atom. The number of nitrogens with one attached hydrogen (secondary N) is 1. The Balaban J connectivity index is 1.71. The van der Waals surface area contributed by atoms with E-state index in [1.165, 1.54) is 34.8 Å². The van der Waals surface area contributed by atoms with E-state index in [4.69, 9.17) is 11.6 Å². The minimum atomic E-state index is -0.529. The molecule has 3 rings (SSSR count). The molecular weight excluding hydrogens is 431 g/mol. The molecule has 9 heteroatoms. The van der Waals surface area contributed by atoms with Crippen LogP contribution in [-0.4, -0.2) is 26.4 Å². The van der Waals surface area contributed by atoms with Crippen LogP contribution < -0.4 is 5.32 Å². The largest absolute Gasteiger partial charge is 0.325 e. The van der Waals surface area contributed by atoms with Crippen molar-refractivity contribution >= 4 is 46.3 Å². The van der Waals surface area contributed by atoms with Gasteiger partial charge in [-0.1, -0.05) is 43.3 Å². The third-order valence-corrected chi connectivity index (χ3v) is 6.50. The second-order valence-electron chi connectivity index (χ2n) is 6.56. The zero-order chi connectivity index (χ0) is 21.0. The first-order valence-corrected chi connectivity index (χ1v) is 11.1. The summed E-state index contributed by atoms with van der Waals surface area (Å²) in [6, 6.07) is 6.17. The highest BCUT2D eigenvalue weighted by Gasteiger charge is 2.17. The van der Waals surface area contributed by atoms with Crippen molar-refractivity contribution < 1.29 is 9.18 Å². The number of amides is 1. The van der Waals surface area contributed by atoms with Gasteiger partial charge in [0.15, 0.2) is 11.0 Å². The molecular formula is C20H20ClFN4OS2. The number of rotatable bonds is 8. The van der Waals surface area contributed by atoms with Gasteiger partial charge in [-0.15, -0.1) is 28.1 Å². The molecule has 0 atom stereocenters. The van der Waals surface area contributed by atoms with Crippen LogP contribution in [-0.2, 0) is 11.3 Å². The fraction of sp³-hybridized carbons (Fsp3) is 0.250. The first-order chi connectivity index (χ1) is 13.9. The van der Waals surface area contributed by atoms with Gasteiger partial charge < -0.3 is 5.32 Å². The molecule has 0 saturated carbocycles. The van der Waals surface area contributed by atoms with Crippen LogP contribution in [0.1, 0.15) is 24.6 Å². The molecule has 1 aromatic carbocycles. The molecule has 0 aliphatic rings. The third-order valence-electron chi connectivity index (χ3n) is 4.01. The number of hydrogen-bond acceptors (Lipinski definition) is 5.